The van der Waals surface area contributed by atoms with Crippen LogP contribution in [0.4, 0.5) is 4.79 Å². The van der Waals surface area contributed by atoms with Crippen molar-refractivity contribution in [2.75, 3.05) is 13.1 Å². The summed E-state index contributed by atoms with van der Waals surface area (Å²) in [4.78, 5) is 26.7. The second kappa shape index (κ2) is 8.68. The number of benzene rings is 1. The van der Waals surface area contributed by atoms with Crippen molar-refractivity contribution in [3.05, 3.63) is 35.9 Å². The fourth-order valence-electron chi connectivity index (χ4n) is 2.80. The topological polar surface area (TPSA) is 87.5 Å². The van der Waals surface area contributed by atoms with E-state index in [1.165, 1.54) is 0 Å². The third kappa shape index (κ3) is 5.23. The molecule has 6 nitrogen and oxygen atoms in total. The maximum Gasteiger partial charge on any atom is 0.315 e. The summed E-state index contributed by atoms with van der Waals surface area (Å²) in [7, 11) is 0. The molecule has 1 saturated heterocycles. The Bertz CT molecular complexity index is 539. The highest BCUT2D eigenvalue weighted by atomic mass is 16.2. The molecule has 1 unspecified atom stereocenters. The van der Waals surface area contributed by atoms with Crippen molar-refractivity contribution < 1.29 is 9.59 Å². The first-order valence-electron chi connectivity index (χ1n) is 8.60. The average molecular weight is 332 g/mol. The Morgan fingerprint density at radius 2 is 1.83 bits per heavy atom. The van der Waals surface area contributed by atoms with Gasteiger partial charge in [0.15, 0.2) is 0 Å². The van der Waals surface area contributed by atoms with E-state index in [1.54, 1.807) is 0 Å². The van der Waals surface area contributed by atoms with Crippen molar-refractivity contribution in [2.24, 2.45) is 11.7 Å². The summed E-state index contributed by atoms with van der Waals surface area (Å²) in [5, 5.41) is 5.63. The number of carbonyl (C=O) groups is 2. The molecule has 6 heteroatoms. The van der Waals surface area contributed by atoms with Crippen molar-refractivity contribution in [2.45, 2.75) is 45.3 Å². The molecule has 0 aromatic heterocycles. The van der Waals surface area contributed by atoms with E-state index in [4.69, 9.17) is 5.73 Å². The quantitative estimate of drug-likeness (QED) is 0.763. The molecule has 0 bridgehead atoms. The summed E-state index contributed by atoms with van der Waals surface area (Å²) in [5.74, 6) is 0.00216. The Morgan fingerprint density at radius 3 is 2.42 bits per heavy atom. The molecule has 1 aliphatic heterocycles. The molecule has 1 atom stereocenters. The van der Waals surface area contributed by atoms with Gasteiger partial charge in [-0.05, 0) is 24.3 Å². The standard InChI is InChI=1S/C18H28N4O2/c1-13(2)16(17(23)22-10-8-15(19)9-11-22)21-18(24)20-12-14-6-4-3-5-7-14/h3-7,13,15-16H,8-12,19H2,1-2H3,(H2,20,21,24). The van der Waals surface area contributed by atoms with E-state index < -0.39 is 6.04 Å². The van der Waals surface area contributed by atoms with Crippen LogP contribution in [0, 0.1) is 5.92 Å². The molecule has 1 aliphatic rings. The van der Waals surface area contributed by atoms with Crippen molar-refractivity contribution in [1.82, 2.24) is 15.5 Å². The molecule has 24 heavy (non-hydrogen) atoms. The van der Waals surface area contributed by atoms with Crippen LogP contribution in [0.5, 0.6) is 0 Å². The second-order valence-electron chi connectivity index (χ2n) is 6.70. The van der Waals surface area contributed by atoms with E-state index in [0.29, 0.717) is 19.6 Å². The van der Waals surface area contributed by atoms with E-state index in [1.807, 2.05) is 49.1 Å². The largest absolute Gasteiger partial charge is 0.341 e. The van der Waals surface area contributed by atoms with Crippen LogP contribution in [0.25, 0.3) is 0 Å². The number of nitrogens with one attached hydrogen (secondary N) is 2. The maximum atomic E-state index is 12.7. The molecule has 0 saturated carbocycles. The van der Waals surface area contributed by atoms with Gasteiger partial charge in [-0.15, -0.1) is 0 Å². The van der Waals surface area contributed by atoms with Crippen molar-refractivity contribution >= 4 is 11.9 Å². The number of piperidine rings is 1. The minimum atomic E-state index is -0.518. The first-order chi connectivity index (χ1) is 11.5. The van der Waals surface area contributed by atoms with Gasteiger partial charge >= 0.3 is 6.03 Å². The van der Waals surface area contributed by atoms with Crippen LogP contribution in [0.15, 0.2) is 30.3 Å². The SMILES string of the molecule is CC(C)C(NC(=O)NCc1ccccc1)C(=O)N1CCC(N)CC1. The monoisotopic (exact) mass is 332 g/mol. The van der Waals surface area contributed by atoms with Gasteiger partial charge in [0.05, 0.1) is 0 Å². The number of nitrogens with zero attached hydrogens (tertiary/aromatic N) is 1. The van der Waals surface area contributed by atoms with Gasteiger partial charge in [0.1, 0.15) is 6.04 Å². The lowest BCUT2D eigenvalue weighted by molar-refractivity contribution is -0.135. The van der Waals surface area contributed by atoms with Gasteiger partial charge in [-0.25, -0.2) is 4.79 Å². The number of urea groups is 1. The highest BCUT2D eigenvalue weighted by Crippen LogP contribution is 2.13. The van der Waals surface area contributed by atoms with Gasteiger partial charge < -0.3 is 21.3 Å². The molecule has 132 valence electrons. The van der Waals surface area contributed by atoms with Gasteiger partial charge in [0.2, 0.25) is 5.91 Å². The summed E-state index contributed by atoms with van der Waals surface area (Å²) >= 11 is 0. The molecular weight excluding hydrogens is 304 g/mol. The van der Waals surface area contributed by atoms with Gasteiger partial charge in [-0.1, -0.05) is 44.2 Å². The molecule has 0 spiro atoms. The molecule has 1 heterocycles. The van der Waals surface area contributed by atoms with Gasteiger partial charge in [-0.3, -0.25) is 4.79 Å². The number of carbonyl (C=O) groups excluding carboxylic acids is 2. The van der Waals surface area contributed by atoms with Crippen LogP contribution in [0.3, 0.4) is 0 Å². The van der Waals surface area contributed by atoms with Crippen LogP contribution >= 0.6 is 0 Å². The number of amides is 3. The number of hydrogen-bond donors (Lipinski definition) is 3. The summed E-state index contributed by atoms with van der Waals surface area (Å²) in [6, 6.07) is 9.02. The number of rotatable bonds is 5. The third-order valence-corrected chi connectivity index (χ3v) is 4.37. The predicted octanol–water partition coefficient (Wildman–Crippen LogP) is 1.46. The molecule has 2 rings (SSSR count). The number of nitrogens with two attached hydrogens (primary N) is 1. The smallest absolute Gasteiger partial charge is 0.315 e. The Balaban J connectivity index is 1.88. The number of hydrogen-bond acceptors (Lipinski definition) is 3. The van der Waals surface area contributed by atoms with E-state index in [9.17, 15) is 9.59 Å². The third-order valence-electron chi connectivity index (χ3n) is 4.37. The Kier molecular flexibility index (Phi) is 6.61. The zero-order valence-corrected chi connectivity index (χ0v) is 14.5. The van der Waals surface area contributed by atoms with E-state index >= 15 is 0 Å². The van der Waals surface area contributed by atoms with E-state index in [-0.39, 0.29) is 23.9 Å². The molecular formula is C18H28N4O2. The molecule has 4 N–H and O–H groups in total. The Labute approximate surface area is 143 Å². The minimum Gasteiger partial charge on any atom is -0.341 e. The number of likely N-dealkylation sites (tertiary alicyclic amines) is 1. The Morgan fingerprint density at radius 1 is 1.21 bits per heavy atom. The van der Waals surface area contributed by atoms with Crippen LogP contribution in [-0.2, 0) is 11.3 Å². The molecule has 1 fully saturated rings. The van der Waals surface area contributed by atoms with Gasteiger partial charge in [0.25, 0.3) is 0 Å². The summed E-state index contributed by atoms with van der Waals surface area (Å²) < 4.78 is 0. The predicted molar refractivity (Wildman–Crippen MR) is 94.2 cm³/mol. The Hall–Kier alpha value is -2.08. The zero-order valence-electron chi connectivity index (χ0n) is 14.5. The van der Waals surface area contributed by atoms with Crippen LogP contribution in [0.1, 0.15) is 32.3 Å². The lowest BCUT2D eigenvalue weighted by Gasteiger charge is -2.34. The highest BCUT2D eigenvalue weighted by molar-refractivity contribution is 5.87. The highest BCUT2D eigenvalue weighted by Gasteiger charge is 2.30. The van der Waals surface area contributed by atoms with E-state index in [0.717, 1.165) is 18.4 Å². The molecule has 0 aliphatic carbocycles. The normalized spacial score (nSPS) is 16.8. The lowest BCUT2D eigenvalue weighted by Crippen LogP contribution is -2.55. The fourth-order valence-corrected chi connectivity index (χ4v) is 2.80. The van der Waals surface area contributed by atoms with Crippen LogP contribution in [-0.4, -0.2) is 42.0 Å². The molecule has 0 radical (unpaired) electrons. The zero-order chi connectivity index (χ0) is 17.5. The summed E-state index contributed by atoms with van der Waals surface area (Å²) in [6.45, 7) is 5.64. The summed E-state index contributed by atoms with van der Waals surface area (Å²) in [5.41, 5.74) is 6.91. The van der Waals surface area contributed by atoms with Gasteiger partial charge in [-0.2, -0.15) is 0 Å². The van der Waals surface area contributed by atoms with Crippen molar-refractivity contribution in [3.63, 3.8) is 0 Å². The van der Waals surface area contributed by atoms with Crippen LogP contribution < -0.4 is 16.4 Å². The second-order valence-corrected chi connectivity index (χ2v) is 6.70. The van der Waals surface area contributed by atoms with Gasteiger partial charge in [0, 0.05) is 25.7 Å². The lowest BCUT2D eigenvalue weighted by atomic mass is 10.00. The average Bonchev–Trinajstić information content (AvgIpc) is 2.58. The summed E-state index contributed by atoms with van der Waals surface area (Å²) in [6.07, 6.45) is 1.63. The minimum absolute atomic E-state index is 0.0215. The first-order valence-corrected chi connectivity index (χ1v) is 8.60. The first kappa shape index (κ1) is 18.3. The van der Waals surface area contributed by atoms with Crippen molar-refractivity contribution in [3.8, 4) is 0 Å². The fraction of sp³-hybridized carbons (Fsp3) is 0.556. The van der Waals surface area contributed by atoms with Crippen LogP contribution in [0.2, 0.25) is 0 Å². The molecule has 1 aromatic carbocycles. The molecule has 3 amide bonds. The van der Waals surface area contributed by atoms with E-state index in [2.05, 4.69) is 10.6 Å². The van der Waals surface area contributed by atoms with Crippen molar-refractivity contribution in [1.29, 1.82) is 0 Å². The maximum absolute atomic E-state index is 12.7. The molecule has 1 aromatic rings.